The first kappa shape index (κ1) is 12.8. The number of amides is 1. The molecule has 94 valence electrons. The van der Waals surface area contributed by atoms with Crippen LogP contribution in [0, 0.1) is 0 Å². The minimum atomic E-state index is -0.0450. The topological polar surface area (TPSA) is 68.0 Å². The zero-order valence-electron chi connectivity index (χ0n) is 9.68. The molecule has 0 bridgehead atoms. The van der Waals surface area contributed by atoms with Gasteiger partial charge in [0.05, 0.1) is 17.0 Å². The third kappa shape index (κ3) is 2.96. The summed E-state index contributed by atoms with van der Waals surface area (Å²) in [5.41, 5.74) is 6.55. The van der Waals surface area contributed by atoms with Crippen LogP contribution < -0.4 is 11.1 Å². The molecule has 3 N–H and O–H groups in total. The zero-order chi connectivity index (χ0) is 13.0. The van der Waals surface area contributed by atoms with Gasteiger partial charge in [0, 0.05) is 11.4 Å². The lowest BCUT2D eigenvalue weighted by Crippen LogP contribution is -2.24. The number of nitrogens with one attached hydrogen (secondary N) is 1. The van der Waals surface area contributed by atoms with Crippen molar-refractivity contribution in [1.29, 1.82) is 0 Å². The van der Waals surface area contributed by atoms with E-state index in [0.29, 0.717) is 18.1 Å². The fourth-order valence-electron chi connectivity index (χ4n) is 1.49. The van der Waals surface area contributed by atoms with Gasteiger partial charge in [-0.3, -0.25) is 4.79 Å². The molecule has 0 aliphatic carbocycles. The Bertz CT molecular complexity index is 546. The van der Waals surface area contributed by atoms with Crippen LogP contribution in [-0.2, 0) is 11.2 Å². The standard InChI is InChI=1S/C12H13N3OS2/c1-2-5-14-10(16)7-9-11(15-12(13)18-9)8-4-3-6-17-8/h2-4,6H,1,5,7H2,(H2,13,15)(H,14,16). The lowest BCUT2D eigenvalue weighted by Gasteiger charge is -2.01. The molecule has 18 heavy (non-hydrogen) atoms. The number of hydrogen-bond donors (Lipinski definition) is 2. The molecule has 0 saturated carbocycles. The Morgan fingerprint density at radius 1 is 1.61 bits per heavy atom. The van der Waals surface area contributed by atoms with Crippen LogP contribution in [0.1, 0.15) is 4.88 Å². The molecule has 0 spiro atoms. The van der Waals surface area contributed by atoms with Crippen LogP contribution in [0.4, 0.5) is 5.13 Å². The number of hydrogen-bond acceptors (Lipinski definition) is 5. The van der Waals surface area contributed by atoms with Crippen LogP contribution in [0.3, 0.4) is 0 Å². The van der Waals surface area contributed by atoms with Gasteiger partial charge in [-0.25, -0.2) is 4.98 Å². The van der Waals surface area contributed by atoms with E-state index < -0.39 is 0 Å². The second kappa shape index (κ2) is 5.79. The zero-order valence-corrected chi connectivity index (χ0v) is 11.3. The van der Waals surface area contributed by atoms with E-state index >= 15 is 0 Å². The Morgan fingerprint density at radius 2 is 2.44 bits per heavy atom. The Morgan fingerprint density at radius 3 is 3.11 bits per heavy atom. The Balaban J connectivity index is 2.18. The number of nitrogen functional groups attached to an aromatic ring is 1. The second-order valence-corrected chi connectivity index (χ2v) is 5.63. The van der Waals surface area contributed by atoms with Crippen molar-refractivity contribution in [3.8, 4) is 10.6 Å². The normalized spacial score (nSPS) is 10.2. The first-order valence-corrected chi connectivity index (χ1v) is 7.07. The van der Waals surface area contributed by atoms with E-state index in [1.54, 1.807) is 17.4 Å². The summed E-state index contributed by atoms with van der Waals surface area (Å²) in [6, 6.07) is 3.93. The highest BCUT2D eigenvalue weighted by molar-refractivity contribution is 7.17. The van der Waals surface area contributed by atoms with Crippen LogP contribution in [0.2, 0.25) is 0 Å². The molecule has 6 heteroatoms. The molecule has 2 rings (SSSR count). The molecule has 0 saturated heterocycles. The maximum atomic E-state index is 11.7. The van der Waals surface area contributed by atoms with Crippen molar-refractivity contribution < 1.29 is 4.79 Å². The first-order valence-electron chi connectivity index (χ1n) is 5.37. The fourth-order valence-corrected chi connectivity index (χ4v) is 3.14. The van der Waals surface area contributed by atoms with E-state index in [2.05, 4.69) is 16.9 Å². The summed E-state index contributed by atoms with van der Waals surface area (Å²) >= 11 is 2.95. The molecule has 0 atom stereocenters. The number of thiazole rings is 1. The van der Waals surface area contributed by atoms with E-state index in [-0.39, 0.29) is 5.91 Å². The smallest absolute Gasteiger partial charge is 0.225 e. The summed E-state index contributed by atoms with van der Waals surface area (Å²) < 4.78 is 0. The highest BCUT2D eigenvalue weighted by atomic mass is 32.1. The maximum absolute atomic E-state index is 11.7. The van der Waals surface area contributed by atoms with Gasteiger partial charge in [0.1, 0.15) is 0 Å². The molecular formula is C12H13N3OS2. The molecule has 0 fully saturated rings. The number of nitrogens with two attached hydrogens (primary N) is 1. The molecule has 2 aromatic heterocycles. The molecule has 0 aromatic carbocycles. The molecule has 2 heterocycles. The van der Waals surface area contributed by atoms with Crippen LogP contribution in [-0.4, -0.2) is 17.4 Å². The van der Waals surface area contributed by atoms with Crippen LogP contribution in [0.25, 0.3) is 10.6 Å². The van der Waals surface area contributed by atoms with Gasteiger partial charge < -0.3 is 11.1 Å². The third-order valence-corrected chi connectivity index (χ3v) is 3.99. The molecule has 0 radical (unpaired) electrons. The number of aromatic nitrogens is 1. The molecule has 1 amide bonds. The van der Waals surface area contributed by atoms with Crippen molar-refractivity contribution >= 4 is 33.7 Å². The summed E-state index contributed by atoms with van der Waals surface area (Å²) in [4.78, 5) is 17.9. The van der Waals surface area contributed by atoms with Crippen LogP contribution in [0.5, 0.6) is 0 Å². The Labute approximate surface area is 113 Å². The van der Waals surface area contributed by atoms with Gasteiger partial charge >= 0.3 is 0 Å². The van der Waals surface area contributed by atoms with Gasteiger partial charge in [-0.2, -0.15) is 0 Å². The molecule has 2 aromatic rings. The highest BCUT2D eigenvalue weighted by Gasteiger charge is 2.15. The van der Waals surface area contributed by atoms with E-state index in [1.807, 2.05) is 17.5 Å². The number of carbonyl (C=O) groups excluding carboxylic acids is 1. The van der Waals surface area contributed by atoms with Gasteiger partial charge in [0.2, 0.25) is 5.91 Å². The third-order valence-electron chi connectivity index (χ3n) is 2.23. The average molecular weight is 279 g/mol. The molecule has 4 nitrogen and oxygen atoms in total. The van der Waals surface area contributed by atoms with Crippen molar-refractivity contribution in [2.75, 3.05) is 12.3 Å². The summed E-state index contributed by atoms with van der Waals surface area (Å²) in [7, 11) is 0. The van der Waals surface area contributed by atoms with Gasteiger partial charge in [0.25, 0.3) is 0 Å². The largest absolute Gasteiger partial charge is 0.375 e. The predicted octanol–water partition coefficient (Wildman–Crippen LogP) is 2.30. The summed E-state index contributed by atoms with van der Waals surface area (Å²) in [6.07, 6.45) is 1.95. The number of rotatable bonds is 5. The average Bonchev–Trinajstić information content (AvgIpc) is 2.95. The number of thiophene rings is 1. The van der Waals surface area contributed by atoms with Crippen molar-refractivity contribution in [2.45, 2.75) is 6.42 Å². The quantitative estimate of drug-likeness (QED) is 0.825. The Kier molecular flexibility index (Phi) is 4.11. The van der Waals surface area contributed by atoms with Gasteiger partial charge in [0.15, 0.2) is 5.13 Å². The minimum absolute atomic E-state index is 0.0450. The molecular weight excluding hydrogens is 266 g/mol. The lowest BCUT2D eigenvalue weighted by molar-refractivity contribution is -0.120. The Hall–Kier alpha value is -1.66. The maximum Gasteiger partial charge on any atom is 0.225 e. The molecule has 0 aliphatic heterocycles. The molecule has 0 unspecified atom stereocenters. The van der Waals surface area contributed by atoms with Crippen molar-refractivity contribution in [3.63, 3.8) is 0 Å². The number of nitrogens with zero attached hydrogens (tertiary/aromatic N) is 1. The monoisotopic (exact) mass is 279 g/mol. The van der Waals surface area contributed by atoms with E-state index in [4.69, 9.17) is 5.73 Å². The number of anilines is 1. The van der Waals surface area contributed by atoms with Gasteiger partial charge in [-0.15, -0.1) is 29.3 Å². The first-order chi connectivity index (χ1) is 8.70. The van der Waals surface area contributed by atoms with Crippen molar-refractivity contribution in [3.05, 3.63) is 35.0 Å². The summed E-state index contributed by atoms with van der Waals surface area (Å²) in [5, 5.41) is 5.22. The minimum Gasteiger partial charge on any atom is -0.375 e. The van der Waals surface area contributed by atoms with Crippen LogP contribution in [0.15, 0.2) is 30.2 Å². The molecule has 0 aliphatic rings. The fraction of sp³-hybridized carbons (Fsp3) is 0.167. The van der Waals surface area contributed by atoms with E-state index in [1.165, 1.54) is 11.3 Å². The highest BCUT2D eigenvalue weighted by Crippen LogP contribution is 2.32. The second-order valence-electron chi connectivity index (χ2n) is 3.57. The van der Waals surface area contributed by atoms with Gasteiger partial charge in [-0.1, -0.05) is 12.1 Å². The van der Waals surface area contributed by atoms with E-state index in [0.717, 1.165) is 15.4 Å². The van der Waals surface area contributed by atoms with Crippen molar-refractivity contribution in [2.24, 2.45) is 0 Å². The lowest BCUT2D eigenvalue weighted by atomic mass is 10.2. The summed E-state index contributed by atoms with van der Waals surface area (Å²) in [5.74, 6) is -0.0450. The number of carbonyl (C=O) groups is 1. The van der Waals surface area contributed by atoms with Gasteiger partial charge in [-0.05, 0) is 11.4 Å². The van der Waals surface area contributed by atoms with Crippen LogP contribution >= 0.6 is 22.7 Å². The SMILES string of the molecule is C=CCNC(=O)Cc1sc(N)nc1-c1cccs1. The van der Waals surface area contributed by atoms with Crippen molar-refractivity contribution in [1.82, 2.24) is 10.3 Å². The van der Waals surface area contributed by atoms with E-state index in [9.17, 15) is 4.79 Å². The summed E-state index contributed by atoms with van der Waals surface area (Å²) in [6.45, 7) is 4.03. The predicted molar refractivity (Wildman–Crippen MR) is 76.8 cm³/mol.